The lowest BCUT2D eigenvalue weighted by Gasteiger charge is -2.12. The largest absolute Gasteiger partial charge is 0.478 e. The van der Waals surface area contributed by atoms with Gasteiger partial charge in [0.1, 0.15) is 35.4 Å². The van der Waals surface area contributed by atoms with Gasteiger partial charge in [-0.2, -0.15) is 0 Å². The predicted molar refractivity (Wildman–Crippen MR) is 147 cm³/mol. The molecule has 0 spiro atoms. The number of carboxylic acids is 1. The Bertz CT molecular complexity index is 1860. The molecule has 3 aromatic carbocycles. The van der Waals surface area contributed by atoms with Crippen molar-refractivity contribution in [2.45, 2.75) is 26.0 Å². The number of carbonyl (C=O) groups is 1. The van der Waals surface area contributed by atoms with Crippen LogP contribution < -0.4 is 4.74 Å². The first-order valence-corrected chi connectivity index (χ1v) is 13.1. The monoisotopic (exact) mass is 615 g/mol. The Morgan fingerprint density at radius 1 is 0.909 bits per heavy atom. The summed E-state index contributed by atoms with van der Waals surface area (Å²) in [6.45, 7) is -0.0465. The molecule has 0 aliphatic rings. The molecule has 0 aliphatic heterocycles. The van der Waals surface area contributed by atoms with Gasteiger partial charge in [0.15, 0.2) is 5.82 Å². The number of carboxylic acid groups (broad SMARTS) is 1. The fourth-order valence-corrected chi connectivity index (χ4v) is 4.62. The molecule has 2 heterocycles. The van der Waals surface area contributed by atoms with Crippen LogP contribution in [0.5, 0.6) is 5.88 Å². The summed E-state index contributed by atoms with van der Waals surface area (Å²) in [4.78, 5) is 19.9. The molecule has 0 amide bonds. The molecule has 1 N–H and O–H groups in total. The van der Waals surface area contributed by atoms with E-state index in [9.17, 15) is 27.5 Å². The predicted octanol–water partition coefficient (Wildman–Crippen LogP) is 7.11. The maximum atomic E-state index is 15.4. The first kappa shape index (κ1) is 30.5. The first-order valence-electron chi connectivity index (χ1n) is 13.1. The van der Waals surface area contributed by atoms with Crippen molar-refractivity contribution in [2.75, 3.05) is 13.7 Å². The molecule has 0 bridgehead atoms. The van der Waals surface area contributed by atoms with Crippen molar-refractivity contribution in [3.8, 4) is 17.1 Å². The van der Waals surface area contributed by atoms with Crippen LogP contribution in [-0.2, 0) is 24.3 Å². The molecule has 7 nitrogen and oxygen atoms in total. The van der Waals surface area contributed by atoms with Crippen molar-refractivity contribution in [1.82, 2.24) is 14.5 Å². The smallest absolute Gasteiger partial charge is 0.335 e. The minimum atomic E-state index is -2.83. The van der Waals surface area contributed by atoms with E-state index in [1.54, 1.807) is 0 Å². The summed E-state index contributed by atoms with van der Waals surface area (Å²) in [7, 11) is 1.44. The van der Waals surface area contributed by atoms with E-state index < -0.39 is 41.2 Å². The van der Waals surface area contributed by atoms with E-state index in [-0.39, 0.29) is 76.9 Å². The number of benzene rings is 3. The molecule has 0 unspecified atom stereocenters. The standard InChI is InChI=1S/C31H23F6N3O4/c1-43-8-7-40-26-12-19(31(41)42)11-24(35)29(26)39-27(40)13-18-10-23(34)20(14-22(18)33)25-3-2-4-28(38-25)44-15-17-6-5-16(30(36)37)9-21(17)32/h2-6,9-12,14,30H,7-8,13,15H2,1H3,(H,41,42). The zero-order valence-electron chi connectivity index (χ0n) is 23.0. The summed E-state index contributed by atoms with van der Waals surface area (Å²) in [6, 6.07) is 11.2. The number of halogens is 6. The van der Waals surface area contributed by atoms with Gasteiger partial charge in [0.2, 0.25) is 5.88 Å². The highest BCUT2D eigenvalue weighted by molar-refractivity contribution is 5.92. The van der Waals surface area contributed by atoms with Gasteiger partial charge in [-0.25, -0.2) is 41.1 Å². The maximum Gasteiger partial charge on any atom is 0.335 e. The maximum absolute atomic E-state index is 15.4. The normalized spacial score (nSPS) is 11.5. The zero-order valence-corrected chi connectivity index (χ0v) is 23.0. The summed E-state index contributed by atoms with van der Waals surface area (Å²) in [5.74, 6) is -4.63. The van der Waals surface area contributed by atoms with Crippen molar-refractivity contribution in [2.24, 2.45) is 0 Å². The van der Waals surface area contributed by atoms with Crippen molar-refractivity contribution >= 4 is 17.0 Å². The molecular formula is C31H23F6N3O4. The highest BCUT2D eigenvalue weighted by atomic mass is 19.3. The van der Waals surface area contributed by atoms with Crippen molar-refractivity contribution in [1.29, 1.82) is 0 Å². The third-order valence-electron chi connectivity index (χ3n) is 6.84. The number of aromatic carboxylic acids is 1. The Balaban J connectivity index is 1.41. The van der Waals surface area contributed by atoms with Gasteiger partial charge < -0.3 is 19.1 Å². The fraction of sp³-hybridized carbons (Fsp3) is 0.194. The number of pyridine rings is 1. The van der Waals surface area contributed by atoms with Gasteiger partial charge >= 0.3 is 5.97 Å². The SMILES string of the molecule is COCCn1c(Cc2cc(F)c(-c3cccc(OCc4ccc(C(F)F)cc4F)n3)cc2F)nc2c(F)cc(C(=O)O)cc21. The Hall–Kier alpha value is -4.91. The van der Waals surface area contributed by atoms with Crippen molar-refractivity contribution < 1.29 is 45.7 Å². The molecule has 0 fully saturated rings. The Kier molecular flexibility index (Phi) is 8.86. The van der Waals surface area contributed by atoms with Gasteiger partial charge in [0, 0.05) is 42.8 Å². The van der Waals surface area contributed by atoms with E-state index in [0.29, 0.717) is 6.07 Å². The number of fused-ring (bicyclic) bond motifs is 1. The van der Waals surface area contributed by atoms with Gasteiger partial charge in [-0.3, -0.25) is 0 Å². The van der Waals surface area contributed by atoms with Crippen LogP contribution in [0.25, 0.3) is 22.3 Å². The molecule has 0 saturated carbocycles. The molecule has 0 radical (unpaired) electrons. The highest BCUT2D eigenvalue weighted by Gasteiger charge is 2.21. The average Bonchev–Trinajstić information content (AvgIpc) is 3.34. The lowest BCUT2D eigenvalue weighted by molar-refractivity contribution is 0.0696. The Labute approximate surface area is 246 Å². The molecule has 44 heavy (non-hydrogen) atoms. The second-order valence-corrected chi connectivity index (χ2v) is 9.70. The van der Waals surface area contributed by atoms with E-state index >= 15 is 8.78 Å². The number of ether oxygens (including phenoxy) is 2. The van der Waals surface area contributed by atoms with Crippen molar-refractivity contribution in [3.63, 3.8) is 0 Å². The first-order chi connectivity index (χ1) is 21.0. The highest BCUT2D eigenvalue weighted by Crippen LogP contribution is 2.29. The number of methoxy groups -OCH3 is 1. The van der Waals surface area contributed by atoms with Crippen LogP contribution >= 0.6 is 0 Å². The number of alkyl halides is 2. The molecule has 0 aliphatic carbocycles. The van der Waals surface area contributed by atoms with E-state index in [1.165, 1.54) is 35.9 Å². The van der Waals surface area contributed by atoms with Gasteiger partial charge in [-0.15, -0.1) is 0 Å². The average molecular weight is 616 g/mol. The molecule has 13 heteroatoms. The molecule has 5 rings (SSSR count). The number of hydrogen-bond acceptors (Lipinski definition) is 5. The Morgan fingerprint density at radius 3 is 2.39 bits per heavy atom. The second kappa shape index (κ2) is 12.8. The molecule has 0 atom stereocenters. The number of rotatable bonds is 11. The Morgan fingerprint density at radius 2 is 1.68 bits per heavy atom. The minimum Gasteiger partial charge on any atom is -0.478 e. The zero-order chi connectivity index (χ0) is 31.5. The second-order valence-electron chi connectivity index (χ2n) is 9.70. The van der Waals surface area contributed by atoms with E-state index in [4.69, 9.17) is 9.47 Å². The van der Waals surface area contributed by atoms with Gasteiger partial charge in [-0.1, -0.05) is 18.2 Å². The molecular weight excluding hydrogens is 592 g/mol. The third kappa shape index (κ3) is 6.37. The number of nitrogens with zero attached hydrogens (tertiary/aromatic N) is 3. The number of hydrogen-bond donors (Lipinski definition) is 1. The lowest BCUT2D eigenvalue weighted by atomic mass is 10.0. The summed E-state index contributed by atoms with van der Waals surface area (Å²) in [5, 5.41) is 9.34. The summed E-state index contributed by atoms with van der Waals surface area (Å²) in [5.41, 5.74) is -1.02. The van der Waals surface area contributed by atoms with Crippen LogP contribution in [-0.4, -0.2) is 39.3 Å². The molecule has 5 aromatic rings. The third-order valence-corrected chi connectivity index (χ3v) is 6.84. The van der Waals surface area contributed by atoms with Crippen LogP contribution in [0.15, 0.2) is 60.7 Å². The number of imidazole rings is 1. The lowest BCUT2D eigenvalue weighted by Crippen LogP contribution is -2.10. The van der Waals surface area contributed by atoms with Crippen LogP contribution in [0.4, 0.5) is 26.3 Å². The molecule has 2 aromatic heterocycles. The van der Waals surface area contributed by atoms with E-state index in [1.807, 2.05) is 0 Å². The summed E-state index contributed by atoms with van der Waals surface area (Å²) < 4.78 is 97.2. The summed E-state index contributed by atoms with van der Waals surface area (Å²) >= 11 is 0. The van der Waals surface area contributed by atoms with Crippen LogP contribution in [0.2, 0.25) is 0 Å². The minimum absolute atomic E-state index is 0.00114. The van der Waals surface area contributed by atoms with E-state index in [0.717, 1.165) is 30.3 Å². The van der Waals surface area contributed by atoms with Gasteiger partial charge in [0.05, 0.1) is 23.4 Å². The van der Waals surface area contributed by atoms with Crippen LogP contribution in [0.1, 0.15) is 39.3 Å². The number of aromatic nitrogens is 3. The molecule has 0 saturated heterocycles. The van der Waals surface area contributed by atoms with Crippen LogP contribution in [0.3, 0.4) is 0 Å². The van der Waals surface area contributed by atoms with Crippen molar-refractivity contribution in [3.05, 3.63) is 112 Å². The fourth-order valence-electron chi connectivity index (χ4n) is 4.62. The summed E-state index contributed by atoms with van der Waals surface area (Å²) in [6.07, 6.45) is -3.08. The topological polar surface area (TPSA) is 86.5 Å². The van der Waals surface area contributed by atoms with Crippen LogP contribution in [0, 0.1) is 23.3 Å². The molecule has 228 valence electrons. The van der Waals surface area contributed by atoms with Gasteiger partial charge in [-0.05, 0) is 42.0 Å². The van der Waals surface area contributed by atoms with Gasteiger partial charge in [0.25, 0.3) is 6.43 Å². The quantitative estimate of drug-likeness (QED) is 0.160. The van der Waals surface area contributed by atoms with E-state index in [2.05, 4.69) is 9.97 Å².